The number of para-hydroxylation sites is 1. The number of amides is 1. The highest BCUT2D eigenvalue weighted by Crippen LogP contribution is 2.41. The van der Waals surface area contributed by atoms with E-state index in [0.29, 0.717) is 34.6 Å². The Kier molecular flexibility index (Phi) is 7.41. The molecule has 0 aliphatic carbocycles. The lowest BCUT2D eigenvalue weighted by Gasteiger charge is -2.23. The third-order valence-electron chi connectivity index (χ3n) is 4.59. The van der Waals surface area contributed by atoms with Gasteiger partial charge in [-0.15, -0.1) is 10.2 Å². The van der Waals surface area contributed by atoms with E-state index in [1.165, 1.54) is 33.1 Å². The Bertz CT molecular complexity index is 1000. The van der Waals surface area contributed by atoms with Crippen LogP contribution in [0, 0.1) is 0 Å². The molecule has 0 spiro atoms. The molecule has 0 radical (unpaired) electrons. The van der Waals surface area contributed by atoms with Crippen molar-refractivity contribution in [3.63, 3.8) is 0 Å². The summed E-state index contributed by atoms with van der Waals surface area (Å²) in [5, 5.41) is 8.09. The van der Waals surface area contributed by atoms with E-state index >= 15 is 0 Å². The Balaban J connectivity index is 1.79. The quantitative estimate of drug-likeness (QED) is 0.453. The van der Waals surface area contributed by atoms with Gasteiger partial charge in [-0.2, -0.15) is 0 Å². The molecule has 1 heterocycles. The van der Waals surface area contributed by atoms with Gasteiger partial charge in [-0.05, 0) is 38.1 Å². The average Bonchev–Trinajstić information content (AvgIpc) is 3.27. The number of nitrogens with zero attached hydrogens (tertiary/aromatic N) is 3. The number of methoxy groups -OCH3 is 3. The molecular formula is C22H25N3O5S. The van der Waals surface area contributed by atoms with Gasteiger partial charge in [-0.3, -0.25) is 4.79 Å². The van der Waals surface area contributed by atoms with Crippen LogP contribution in [-0.2, 0) is 4.79 Å². The van der Waals surface area contributed by atoms with Gasteiger partial charge in [-0.1, -0.05) is 30.0 Å². The van der Waals surface area contributed by atoms with Crippen LogP contribution >= 0.6 is 11.8 Å². The second kappa shape index (κ2) is 10.2. The Hall–Kier alpha value is -3.20. The van der Waals surface area contributed by atoms with Crippen molar-refractivity contribution in [2.45, 2.75) is 24.3 Å². The standard InChI is InChI=1S/C22H25N3O5S/c1-6-25(16-10-8-7-9-11-16)21(26)14(2)31-22-24-23-20(30-22)15-12-17(27-3)19(29-5)18(13-15)28-4/h7-14H,6H2,1-5H3. The number of aromatic nitrogens is 2. The number of carbonyl (C=O) groups is 1. The maximum absolute atomic E-state index is 13.0. The summed E-state index contributed by atoms with van der Waals surface area (Å²) in [6.07, 6.45) is 0. The first-order chi connectivity index (χ1) is 15.0. The van der Waals surface area contributed by atoms with Gasteiger partial charge in [0.1, 0.15) is 0 Å². The Morgan fingerprint density at radius 3 is 2.26 bits per heavy atom. The molecule has 9 heteroatoms. The number of hydrogen-bond donors (Lipinski definition) is 0. The van der Waals surface area contributed by atoms with Gasteiger partial charge in [0.15, 0.2) is 11.5 Å². The Morgan fingerprint density at radius 1 is 1.06 bits per heavy atom. The zero-order chi connectivity index (χ0) is 22.4. The fourth-order valence-corrected chi connectivity index (χ4v) is 3.82. The molecule has 164 valence electrons. The first kappa shape index (κ1) is 22.5. The van der Waals surface area contributed by atoms with E-state index in [9.17, 15) is 4.79 Å². The third-order valence-corrected chi connectivity index (χ3v) is 5.52. The minimum absolute atomic E-state index is 0.0359. The number of thioether (sulfide) groups is 1. The summed E-state index contributed by atoms with van der Waals surface area (Å²) >= 11 is 1.21. The summed E-state index contributed by atoms with van der Waals surface area (Å²) in [7, 11) is 4.61. The van der Waals surface area contributed by atoms with Crippen molar-refractivity contribution in [1.29, 1.82) is 0 Å². The second-order valence-corrected chi connectivity index (χ2v) is 7.76. The van der Waals surface area contributed by atoms with Crippen molar-refractivity contribution in [3.8, 4) is 28.7 Å². The summed E-state index contributed by atoms with van der Waals surface area (Å²) in [5.41, 5.74) is 1.47. The van der Waals surface area contributed by atoms with Crippen LogP contribution in [0.4, 0.5) is 5.69 Å². The van der Waals surface area contributed by atoms with Crippen molar-refractivity contribution < 1.29 is 23.4 Å². The predicted octanol–water partition coefficient (Wildman–Crippen LogP) is 4.30. The number of hydrogen-bond acceptors (Lipinski definition) is 8. The summed E-state index contributed by atoms with van der Waals surface area (Å²) in [4.78, 5) is 14.7. The average molecular weight is 444 g/mol. The molecule has 0 bridgehead atoms. The van der Waals surface area contributed by atoms with E-state index in [1.54, 1.807) is 17.0 Å². The van der Waals surface area contributed by atoms with Crippen LogP contribution in [0.3, 0.4) is 0 Å². The first-order valence-electron chi connectivity index (χ1n) is 9.69. The molecule has 1 atom stereocenters. The highest BCUT2D eigenvalue weighted by Gasteiger charge is 2.24. The summed E-state index contributed by atoms with van der Waals surface area (Å²) in [6.45, 7) is 4.33. The molecule has 3 rings (SSSR count). The minimum atomic E-state index is -0.409. The normalized spacial score (nSPS) is 11.6. The highest BCUT2D eigenvalue weighted by molar-refractivity contribution is 8.00. The molecule has 2 aromatic carbocycles. The number of carbonyl (C=O) groups excluding carboxylic acids is 1. The lowest BCUT2D eigenvalue weighted by molar-refractivity contribution is -0.117. The SMILES string of the molecule is CCN(C(=O)C(C)Sc1nnc(-c2cc(OC)c(OC)c(OC)c2)o1)c1ccccc1. The Morgan fingerprint density at radius 2 is 1.71 bits per heavy atom. The lowest BCUT2D eigenvalue weighted by Crippen LogP contribution is -2.36. The molecule has 31 heavy (non-hydrogen) atoms. The zero-order valence-corrected chi connectivity index (χ0v) is 18.9. The van der Waals surface area contributed by atoms with Gasteiger partial charge in [-0.25, -0.2) is 0 Å². The fraction of sp³-hybridized carbons (Fsp3) is 0.318. The van der Waals surface area contributed by atoms with Gasteiger partial charge < -0.3 is 23.5 Å². The molecule has 0 saturated heterocycles. The van der Waals surface area contributed by atoms with Crippen LogP contribution in [0.2, 0.25) is 0 Å². The summed E-state index contributed by atoms with van der Waals surface area (Å²) in [6, 6.07) is 13.0. The van der Waals surface area contributed by atoms with E-state index < -0.39 is 5.25 Å². The van der Waals surface area contributed by atoms with Crippen LogP contribution in [0.1, 0.15) is 13.8 Å². The van der Waals surface area contributed by atoms with E-state index in [4.69, 9.17) is 18.6 Å². The van der Waals surface area contributed by atoms with Crippen LogP contribution in [0.5, 0.6) is 17.2 Å². The molecule has 0 saturated carbocycles. The second-order valence-electron chi connectivity index (χ2n) is 6.47. The van der Waals surface area contributed by atoms with Gasteiger partial charge in [0.2, 0.25) is 17.5 Å². The van der Waals surface area contributed by atoms with E-state index in [-0.39, 0.29) is 11.8 Å². The fourth-order valence-electron chi connectivity index (χ4n) is 3.07. The van der Waals surface area contributed by atoms with Crippen molar-refractivity contribution >= 4 is 23.4 Å². The van der Waals surface area contributed by atoms with Crippen molar-refractivity contribution in [2.24, 2.45) is 0 Å². The summed E-state index contributed by atoms with van der Waals surface area (Å²) in [5.74, 6) is 1.69. The van der Waals surface area contributed by atoms with Gasteiger partial charge >= 0.3 is 0 Å². The maximum Gasteiger partial charge on any atom is 0.277 e. The van der Waals surface area contributed by atoms with Crippen LogP contribution in [0.15, 0.2) is 52.1 Å². The number of rotatable bonds is 9. The number of ether oxygens (including phenoxy) is 3. The van der Waals surface area contributed by atoms with Crippen molar-refractivity contribution in [3.05, 3.63) is 42.5 Å². The molecule has 0 N–H and O–H groups in total. The van der Waals surface area contributed by atoms with Crippen molar-refractivity contribution in [1.82, 2.24) is 10.2 Å². The van der Waals surface area contributed by atoms with Gasteiger partial charge in [0.25, 0.3) is 5.22 Å². The van der Waals surface area contributed by atoms with Crippen molar-refractivity contribution in [2.75, 3.05) is 32.8 Å². The van der Waals surface area contributed by atoms with E-state index in [1.807, 2.05) is 44.2 Å². The monoisotopic (exact) mass is 443 g/mol. The molecule has 1 aromatic heterocycles. The van der Waals surface area contributed by atoms with E-state index in [0.717, 1.165) is 5.69 Å². The Labute approximate surface area is 185 Å². The van der Waals surface area contributed by atoms with Crippen LogP contribution in [0.25, 0.3) is 11.5 Å². The predicted molar refractivity (Wildman–Crippen MR) is 119 cm³/mol. The smallest absolute Gasteiger partial charge is 0.277 e. The largest absolute Gasteiger partial charge is 0.493 e. The first-order valence-corrected chi connectivity index (χ1v) is 10.6. The summed E-state index contributed by atoms with van der Waals surface area (Å²) < 4.78 is 21.9. The van der Waals surface area contributed by atoms with E-state index in [2.05, 4.69) is 10.2 Å². The molecule has 0 aliphatic rings. The van der Waals surface area contributed by atoms with Crippen LogP contribution in [-0.4, -0.2) is 49.2 Å². The topological polar surface area (TPSA) is 86.9 Å². The molecule has 0 fully saturated rings. The maximum atomic E-state index is 13.0. The molecule has 1 amide bonds. The molecule has 8 nitrogen and oxygen atoms in total. The third kappa shape index (κ3) is 4.93. The number of anilines is 1. The molecule has 3 aromatic rings. The molecular weight excluding hydrogens is 418 g/mol. The van der Waals surface area contributed by atoms with Gasteiger partial charge in [0, 0.05) is 17.8 Å². The zero-order valence-electron chi connectivity index (χ0n) is 18.1. The van der Waals surface area contributed by atoms with Crippen LogP contribution < -0.4 is 19.1 Å². The lowest BCUT2D eigenvalue weighted by atomic mass is 10.2. The molecule has 1 unspecified atom stereocenters. The molecule has 0 aliphatic heterocycles. The number of benzene rings is 2. The minimum Gasteiger partial charge on any atom is -0.493 e. The highest BCUT2D eigenvalue weighted by atomic mass is 32.2. The van der Waals surface area contributed by atoms with Gasteiger partial charge in [0.05, 0.1) is 26.6 Å².